The Morgan fingerprint density at radius 1 is 1.38 bits per heavy atom. The summed E-state index contributed by atoms with van der Waals surface area (Å²) in [6.07, 6.45) is 3.30. The zero-order valence-electron chi connectivity index (χ0n) is 7.45. The molecule has 0 saturated carbocycles. The summed E-state index contributed by atoms with van der Waals surface area (Å²) >= 11 is 1.50. The highest BCUT2D eigenvalue weighted by Gasteiger charge is 2.26. The van der Waals surface area contributed by atoms with Gasteiger partial charge in [0.05, 0.1) is 0 Å². The Morgan fingerprint density at radius 3 is 3.00 bits per heavy atom. The van der Waals surface area contributed by atoms with Crippen molar-refractivity contribution in [2.24, 2.45) is 0 Å². The molecule has 2 rings (SSSR count). The van der Waals surface area contributed by atoms with E-state index in [0.717, 1.165) is 37.4 Å². The first-order chi connectivity index (χ1) is 6.29. The van der Waals surface area contributed by atoms with Crippen LogP contribution in [0.15, 0.2) is 10.6 Å². The Kier molecular flexibility index (Phi) is 2.49. The SMILES string of the molecule is O=C(O)C1=C2CCCCN2CCS1. The number of fused-ring (bicyclic) bond motifs is 1. The summed E-state index contributed by atoms with van der Waals surface area (Å²) in [5.41, 5.74) is 1.08. The fourth-order valence-corrected chi connectivity index (χ4v) is 2.96. The summed E-state index contributed by atoms with van der Waals surface area (Å²) in [5, 5.41) is 8.97. The minimum Gasteiger partial charge on any atom is -0.477 e. The number of piperidine rings is 1. The van der Waals surface area contributed by atoms with Crippen molar-refractivity contribution < 1.29 is 9.90 Å². The van der Waals surface area contributed by atoms with E-state index >= 15 is 0 Å². The maximum Gasteiger partial charge on any atom is 0.343 e. The highest BCUT2D eigenvalue weighted by Crippen LogP contribution is 2.33. The zero-order chi connectivity index (χ0) is 9.26. The number of carboxylic acid groups (broad SMARTS) is 1. The van der Waals surface area contributed by atoms with Crippen LogP contribution < -0.4 is 0 Å². The van der Waals surface area contributed by atoms with Crippen LogP contribution >= 0.6 is 11.8 Å². The van der Waals surface area contributed by atoms with Gasteiger partial charge >= 0.3 is 5.97 Å². The van der Waals surface area contributed by atoms with Crippen molar-refractivity contribution in [3.63, 3.8) is 0 Å². The molecule has 13 heavy (non-hydrogen) atoms. The lowest BCUT2D eigenvalue weighted by Gasteiger charge is -2.35. The summed E-state index contributed by atoms with van der Waals surface area (Å²) in [5.74, 6) is 0.178. The summed E-state index contributed by atoms with van der Waals surface area (Å²) in [4.78, 5) is 13.7. The Bertz CT molecular complexity index is 262. The molecule has 0 unspecified atom stereocenters. The molecule has 0 spiro atoms. The molecule has 0 radical (unpaired) electrons. The van der Waals surface area contributed by atoms with Crippen LogP contribution in [0.2, 0.25) is 0 Å². The number of thioether (sulfide) groups is 1. The molecule has 4 heteroatoms. The van der Waals surface area contributed by atoms with E-state index in [-0.39, 0.29) is 0 Å². The lowest BCUT2D eigenvalue weighted by Crippen LogP contribution is -2.34. The molecule has 0 aromatic carbocycles. The number of allylic oxidation sites excluding steroid dienone is 1. The first-order valence-corrected chi connectivity index (χ1v) is 5.62. The van der Waals surface area contributed by atoms with Crippen molar-refractivity contribution in [1.29, 1.82) is 0 Å². The molecule has 2 aliphatic rings. The molecule has 0 aromatic rings. The number of nitrogens with zero attached hydrogens (tertiary/aromatic N) is 1. The molecule has 1 saturated heterocycles. The van der Waals surface area contributed by atoms with Crippen LogP contribution in [0.25, 0.3) is 0 Å². The van der Waals surface area contributed by atoms with Crippen molar-refractivity contribution in [2.45, 2.75) is 19.3 Å². The van der Waals surface area contributed by atoms with Gasteiger partial charge < -0.3 is 10.0 Å². The second-order valence-corrected chi connectivity index (χ2v) is 4.48. The number of hydrogen-bond donors (Lipinski definition) is 1. The second kappa shape index (κ2) is 3.62. The van der Waals surface area contributed by atoms with Crippen LogP contribution in [0, 0.1) is 0 Å². The van der Waals surface area contributed by atoms with E-state index in [4.69, 9.17) is 5.11 Å². The molecule has 3 nitrogen and oxygen atoms in total. The highest BCUT2D eigenvalue weighted by molar-refractivity contribution is 8.04. The quantitative estimate of drug-likeness (QED) is 0.695. The molecule has 72 valence electrons. The van der Waals surface area contributed by atoms with Gasteiger partial charge in [0.1, 0.15) is 4.91 Å². The third-order valence-electron chi connectivity index (χ3n) is 2.54. The normalized spacial score (nSPS) is 22.9. The summed E-state index contributed by atoms with van der Waals surface area (Å²) in [7, 11) is 0. The monoisotopic (exact) mass is 199 g/mol. The van der Waals surface area contributed by atoms with Gasteiger partial charge in [0, 0.05) is 24.5 Å². The van der Waals surface area contributed by atoms with Gasteiger partial charge in [0.15, 0.2) is 0 Å². The van der Waals surface area contributed by atoms with Gasteiger partial charge in [0.25, 0.3) is 0 Å². The molecule has 0 atom stereocenters. The van der Waals surface area contributed by atoms with Gasteiger partial charge in [-0.25, -0.2) is 4.79 Å². The van der Waals surface area contributed by atoms with E-state index in [1.54, 1.807) is 0 Å². The summed E-state index contributed by atoms with van der Waals surface area (Å²) < 4.78 is 0. The Morgan fingerprint density at radius 2 is 2.23 bits per heavy atom. The average Bonchev–Trinajstić information content (AvgIpc) is 2.17. The Labute approximate surface area is 81.8 Å². The topological polar surface area (TPSA) is 40.5 Å². The van der Waals surface area contributed by atoms with Gasteiger partial charge in [-0.1, -0.05) is 0 Å². The Balaban J connectivity index is 2.28. The van der Waals surface area contributed by atoms with E-state index in [0.29, 0.717) is 4.91 Å². The maximum absolute atomic E-state index is 10.9. The van der Waals surface area contributed by atoms with Crippen molar-refractivity contribution >= 4 is 17.7 Å². The fourth-order valence-electron chi connectivity index (χ4n) is 1.92. The van der Waals surface area contributed by atoms with Gasteiger partial charge in [-0.15, -0.1) is 11.8 Å². The molecule has 0 bridgehead atoms. The number of rotatable bonds is 1. The minimum absolute atomic E-state index is 0.589. The molecule has 1 N–H and O–H groups in total. The first-order valence-electron chi connectivity index (χ1n) is 4.63. The molecular weight excluding hydrogens is 186 g/mol. The van der Waals surface area contributed by atoms with Gasteiger partial charge in [-0.3, -0.25) is 0 Å². The second-order valence-electron chi connectivity index (χ2n) is 3.37. The predicted octanol–water partition coefficient (Wildman–Crippen LogP) is 1.52. The fraction of sp³-hybridized carbons (Fsp3) is 0.667. The highest BCUT2D eigenvalue weighted by atomic mass is 32.2. The minimum atomic E-state index is -0.744. The van der Waals surface area contributed by atoms with Crippen molar-refractivity contribution in [2.75, 3.05) is 18.8 Å². The number of aliphatic carboxylic acids is 1. The van der Waals surface area contributed by atoms with Crippen molar-refractivity contribution in [1.82, 2.24) is 4.90 Å². The van der Waals surface area contributed by atoms with Crippen LogP contribution in [0.5, 0.6) is 0 Å². The zero-order valence-corrected chi connectivity index (χ0v) is 8.27. The predicted molar refractivity (Wildman–Crippen MR) is 52.5 cm³/mol. The molecule has 2 heterocycles. The molecule has 0 aromatic heterocycles. The van der Waals surface area contributed by atoms with Gasteiger partial charge in [-0.2, -0.15) is 0 Å². The molecular formula is C9H13NO2S. The number of carboxylic acids is 1. The van der Waals surface area contributed by atoms with E-state index in [1.807, 2.05) is 0 Å². The molecule has 0 aliphatic carbocycles. The van der Waals surface area contributed by atoms with Crippen molar-refractivity contribution in [3.05, 3.63) is 10.6 Å². The number of carbonyl (C=O) groups is 1. The van der Waals surface area contributed by atoms with E-state index in [9.17, 15) is 4.79 Å². The van der Waals surface area contributed by atoms with Gasteiger partial charge in [0.2, 0.25) is 0 Å². The molecule has 2 aliphatic heterocycles. The largest absolute Gasteiger partial charge is 0.477 e. The maximum atomic E-state index is 10.9. The lowest BCUT2D eigenvalue weighted by atomic mass is 10.1. The van der Waals surface area contributed by atoms with Gasteiger partial charge in [-0.05, 0) is 19.3 Å². The van der Waals surface area contributed by atoms with Crippen LogP contribution in [-0.4, -0.2) is 34.8 Å². The average molecular weight is 199 g/mol. The van der Waals surface area contributed by atoms with E-state index < -0.39 is 5.97 Å². The summed E-state index contributed by atoms with van der Waals surface area (Å²) in [6, 6.07) is 0. The standard InChI is InChI=1S/C9H13NO2S/c11-9(12)8-7-3-1-2-4-10(7)5-6-13-8/h1-6H2,(H,11,12). The first kappa shape index (κ1) is 8.94. The van der Waals surface area contributed by atoms with E-state index in [2.05, 4.69) is 4.90 Å². The molecule has 1 fully saturated rings. The molecule has 0 amide bonds. The number of hydrogen-bond acceptors (Lipinski definition) is 3. The lowest BCUT2D eigenvalue weighted by molar-refractivity contribution is -0.132. The van der Waals surface area contributed by atoms with Crippen LogP contribution in [-0.2, 0) is 4.79 Å². The third-order valence-corrected chi connectivity index (χ3v) is 3.62. The Hall–Kier alpha value is -0.640. The van der Waals surface area contributed by atoms with Crippen LogP contribution in [0.1, 0.15) is 19.3 Å². The van der Waals surface area contributed by atoms with Crippen molar-refractivity contribution in [3.8, 4) is 0 Å². The third kappa shape index (κ3) is 1.68. The summed E-state index contributed by atoms with van der Waals surface area (Å²) in [6.45, 7) is 2.07. The van der Waals surface area contributed by atoms with Crippen LogP contribution in [0.4, 0.5) is 0 Å². The van der Waals surface area contributed by atoms with Crippen LogP contribution in [0.3, 0.4) is 0 Å². The van der Waals surface area contributed by atoms with E-state index in [1.165, 1.54) is 18.2 Å². The smallest absolute Gasteiger partial charge is 0.343 e.